The number of hydrogen-bond donors (Lipinski definition) is 2. The smallest absolute Gasteiger partial charge is 0.330 e. The summed E-state index contributed by atoms with van der Waals surface area (Å²) in [6.07, 6.45) is 2.10. The predicted molar refractivity (Wildman–Crippen MR) is 153 cm³/mol. The maximum absolute atomic E-state index is 12.0. The van der Waals surface area contributed by atoms with Gasteiger partial charge in [-0.05, 0) is 75.9 Å². The molecule has 0 aromatic heterocycles. The van der Waals surface area contributed by atoms with Crippen LogP contribution in [-0.4, -0.2) is 35.2 Å². The first kappa shape index (κ1) is 32.4. The Morgan fingerprint density at radius 2 is 1.15 bits per heavy atom. The van der Waals surface area contributed by atoms with Gasteiger partial charge in [0, 0.05) is 28.0 Å². The fourth-order valence-corrected chi connectivity index (χ4v) is 5.11. The Morgan fingerprint density at radius 1 is 0.800 bits per heavy atom. The number of allylic oxidation sites excluding steroid dienone is 1. The van der Waals surface area contributed by atoms with Crippen LogP contribution in [0.3, 0.4) is 0 Å². The van der Waals surface area contributed by atoms with E-state index in [0.717, 1.165) is 27.8 Å². The molecule has 2 aliphatic rings. The minimum Gasteiger partial charge on any atom is -0.508 e. The lowest BCUT2D eigenvalue weighted by atomic mass is 9.70. The highest BCUT2D eigenvalue weighted by molar-refractivity contribution is 5.84. The molecule has 0 atom stereocenters. The minimum atomic E-state index is -0.331. The van der Waals surface area contributed by atoms with E-state index in [-0.39, 0.29) is 40.2 Å². The van der Waals surface area contributed by atoms with Crippen LogP contribution in [0.4, 0.5) is 0 Å². The van der Waals surface area contributed by atoms with E-state index in [9.17, 15) is 14.4 Å². The lowest BCUT2D eigenvalue weighted by Gasteiger charge is -2.39. The van der Waals surface area contributed by atoms with Crippen LogP contribution in [-0.2, 0) is 30.0 Å². The summed E-state index contributed by atoms with van der Waals surface area (Å²) in [5, 5.41) is 18.2. The maximum Gasteiger partial charge on any atom is 0.330 e. The molecule has 0 unspecified atom stereocenters. The molecule has 0 amide bonds. The predicted octanol–water partition coefficient (Wildman–Crippen LogP) is 6.32. The van der Waals surface area contributed by atoms with E-state index in [0.29, 0.717) is 35.5 Å². The number of aromatic hydroxyl groups is 2. The highest BCUT2D eigenvalue weighted by Gasteiger charge is 2.43. The fraction of sp³-hybridized carbons (Fsp3) is 0.469. The fourth-order valence-electron chi connectivity index (χ4n) is 5.11. The van der Waals surface area contributed by atoms with Crippen molar-refractivity contribution in [2.45, 2.75) is 92.9 Å². The van der Waals surface area contributed by atoms with Gasteiger partial charge in [-0.2, -0.15) is 0 Å². The zero-order valence-electron chi connectivity index (χ0n) is 25.5. The van der Waals surface area contributed by atoms with Crippen molar-refractivity contribution in [3.63, 3.8) is 0 Å². The minimum absolute atomic E-state index is 0.203. The van der Waals surface area contributed by atoms with E-state index in [1.54, 1.807) is 26.0 Å². The van der Waals surface area contributed by atoms with Crippen molar-refractivity contribution in [2.75, 3.05) is 7.11 Å². The highest BCUT2D eigenvalue weighted by atomic mass is 16.5. The number of fused-ring (bicyclic) bond motifs is 2. The van der Waals surface area contributed by atoms with Crippen molar-refractivity contribution in [2.24, 2.45) is 0 Å². The van der Waals surface area contributed by atoms with Crippen molar-refractivity contribution in [1.29, 1.82) is 0 Å². The van der Waals surface area contributed by atoms with Gasteiger partial charge in [0.05, 0.1) is 20.0 Å². The first-order valence-electron chi connectivity index (χ1n) is 13.1. The second-order valence-corrected chi connectivity index (χ2v) is 11.9. The van der Waals surface area contributed by atoms with Gasteiger partial charge in [-0.25, -0.2) is 4.79 Å². The monoisotopic (exact) mass is 554 g/mol. The molecule has 2 aliphatic heterocycles. The molecule has 2 heterocycles. The van der Waals surface area contributed by atoms with Crippen LogP contribution in [0.1, 0.15) is 87.8 Å². The van der Waals surface area contributed by atoms with Gasteiger partial charge in [0.1, 0.15) is 23.0 Å². The number of methoxy groups -OCH3 is 1. The number of esters is 3. The Morgan fingerprint density at radius 3 is 1.43 bits per heavy atom. The molecule has 2 N–H and O–H groups in total. The van der Waals surface area contributed by atoms with Gasteiger partial charge >= 0.3 is 17.9 Å². The van der Waals surface area contributed by atoms with E-state index in [4.69, 9.17) is 19.7 Å². The Bertz CT molecular complexity index is 1250. The van der Waals surface area contributed by atoms with Gasteiger partial charge in [-0.1, -0.05) is 33.3 Å². The number of hydrogen-bond acceptors (Lipinski definition) is 8. The first-order valence-corrected chi connectivity index (χ1v) is 13.1. The zero-order valence-corrected chi connectivity index (χ0v) is 25.5. The Hall–Kier alpha value is -3.81. The van der Waals surface area contributed by atoms with Crippen molar-refractivity contribution in [1.82, 2.24) is 0 Å². The SMILES string of the molecule is COC(=O)C=C(C)C.Cc1c2c(c(C)c3c1C(C)(C)CC(=O)O3)C(C)(C)CC(=O)O2.Cc1cc(O)c(C)cc1O. The molecule has 8 heteroatoms. The first-order chi connectivity index (χ1) is 18.3. The van der Waals surface area contributed by atoms with Gasteiger partial charge in [0.2, 0.25) is 0 Å². The molecule has 0 bridgehead atoms. The third kappa shape index (κ3) is 7.23. The number of benzene rings is 2. The van der Waals surface area contributed by atoms with Crippen LogP contribution >= 0.6 is 0 Å². The topological polar surface area (TPSA) is 119 Å². The molecule has 0 saturated heterocycles. The van der Waals surface area contributed by atoms with Crippen LogP contribution in [0.5, 0.6) is 23.0 Å². The standard InChI is InChI=1S/C18H22O4.C8H10O2.C6H10O2/c1-9-13-16(22-12(20)7-17(13,3)4)10(2)14-15(9)21-11(19)8-18(14,5)6;1-5-3-8(10)6(2)4-7(5)9;1-5(2)4-6(7)8-3/h7-8H2,1-6H3;3-4,9-10H,1-2H3;4H,1-3H3. The molecule has 0 spiro atoms. The van der Waals surface area contributed by atoms with E-state index in [1.807, 2.05) is 55.4 Å². The second-order valence-electron chi connectivity index (χ2n) is 11.9. The molecule has 4 rings (SSSR count). The molecule has 40 heavy (non-hydrogen) atoms. The number of phenols is 2. The van der Waals surface area contributed by atoms with Gasteiger partial charge < -0.3 is 24.4 Å². The van der Waals surface area contributed by atoms with Gasteiger partial charge in [-0.15, -0.1) is 0 Å². The molecule has 0 radical (unpaired) electrons. The Kier molecular flexibility index (Phi) is 9.84. The van der Waals surface area contributed by atoms with E-state index in [1.165, 1.54) is 13.2 Å². The van der Waals surface area contributed by atoms with Gasteiger partial charge in [0.25, 0.3) is 0 Å². The molecule has 0 aliphatic carbocycles. The maximum atomic E-state index is 12.0. The third-order valence-electron chi connectivity index (χ3n) is 6.97. The zero-order chi connectivity index (χ0) is 30.7. The molecule has 8 nitrogen and oxygen atoms in total. The summed E-state index contributed by atoms with van der Waals surface area (Å²) in [6.45, 7) is 19.2. The summed E-state index contributed by atoms with van der Waals surface area (Å²) in [5.74, 6) is 1.08. The number of phenolic OH excluding ortho intramolecular Hbond substituents is 2. The van der Waals surface area contributed by atoms with Gasteiger partial charge in [-0.3, -0.25) is 9.59 Å². The molecule has 2 aromatic carbocycles. The van der Waals surface area contributed by atoms with E-state index < -0.39 is 0 Å². The van der Waals surface area contributed by atoms with Crippen molar-refractivity contribution < 1.29 is 38.8 Å². The highest BCUT2D eigenvalue weighted by Crippen LogP contribution is 2.52. The number of carbonyl (C=O) groups excluding carboxylic acids is 3. The number of ether oxygens (including phenoxy) is 3. The lowest BCUT2D eigenvalue weighted by Crippen LogP contribution is -2.36. The second kappa shape index (κ2) is 12.1. The average Bonchev–Trinajstić information content (AvgIpc) is 2.79. The number of rotatable bonds is 1. The van der Waals surface area contributed by atoms with E-state index >= 15 is 0 Å². The molecule has 0 saturated carbocycles. The largest absolute Gasteiger partial charge is 0.508 e. The van der Waals surface area contributed by atoms with Crippen LogP contribution in [0.15, 0.2) is 23.8 Å². The summed E-state index contributed by atoms with van der Waals surface area (Å²) < 4.78 is 15.5. The lowest BCUT2D eigenvalue weighted by molar-refractivity contribution is -0.138. The molecule has 0 fully saturated rings. The van der Waals surface area contributed by atoms with Crippen LogP contribution in [0, 0.1) is 27.7 Å². The number of carbonyl (C=O) groups is 3. The van der Waals surface area contributed by atoms with E-state index in [2.05, 4.69) is 4.74 Å². The summed E-state index contributed by atoms with van der Waals surface area (Å²) >= 11 is 0. The Balaban J connectivity index is 0.000000258. The van der Waals surface area contributed by atoms with Crippen LogP contribution < -0.4 is 9.47 Å². The Labute approximate surface area is 237 Å². The summed E-state index contributed by atoms with van der Waals surface area (Å²) in [7, 11) is 1.36. The van der Waals surface area contributed by atoms with Crippen LogP contribution in [0.2, 0.25) is 0 Å². The summed E-state index contributed by atoms with van der Waals surface area (Å²) in [6, 6.07) is 3.09. The molecular weight excluding hydrogens is 512 g/mol. The molecule has 218 valence electrons. The quantitative estimate of drug-likeness (QED) is 0.182. The third-order valence-corrected chi connectivity index (χ3v) is 6.97. The summed E-state index contributed by atoms with van der Waals surface area (Å²) in [5.41, 5.74) is 5.47. The normalized spacial score (nSPS) is 15.9. The average molecular weight is 555 g/mol. The van der Waals surface area contributed by atoms with Crippen molar-refractivity contribution >= 4 is 17.9 Å². The van der Waals surface area contributed by atoms with Crippen molar-refractivity contribution in [3.8, 4) is 23.0 Å². The van der Waals surface area contributed by atoms with Gasteiger partial charge in [0.15, 0.2) is 0 Å². The summed E-state index contributed by atoms with van der Waals surface area (Å²) in [4.78, 5) is 34.3. The molecular formula is C32H42O8. The number of aryl methyl sites for hydroxylation is 2. The molecule has 2 aromatic rings. The van der Waals surface area contributed by atoms with Crippen molar-refractivity contribution in [3.05, 3.63) is 57.2 Å². The van der Waals surface area contributed by atoms with Crippen LogP contribution in [0.25, 0.3) is 0 Å².